The van der Waals surface area contributed by atoms with Gasteiger partial charge in [-0.3, -0.25) is 9.79 Å². The van der Waals surface area contributed by atoms with Gasteiger partial charge in [-0.15, -0.1) is 24.0 Å². The van der Waals surface area contributed by atoms with Gasteiger partial charge >= 0.3 is 0 Å². The van der Waals surface area contributed by atoms with Crippen molar-refractivity contribution in [3.63, 3.8) is 0 Å². The first-order chi connectivity index (χ1) is 11.5. The number of carbonyl (C=O) groups is 1. The molecule has 5 nitrogen and oxygen atoms in total. The zero-order valence-electron chi connectivity index (χ0n) is 14.5. The Morgan fingerprint density at radius 1 is 1.40 bits per heavy atom. The van der Waals surface area contributed by atoms with Crippen LogP contribution in [0.4, 0.5) is 8.78 Å². The lowest BCUT2D eigenvalue weighted by molar-refractivity contribution is -0.129. The van der Waals surface area contributed by atoms with Crippen LogP contribution in [-0.2, 0) is 11.2 Å². The molecule has 25 heavy (non-hydrogen) atoms. The summed E-state index contributed by atoms with van der Waals surface area (Å²) >= 11 is 0. The fraction of sp³-hybridized carbons (Fsp3) is 0.529. The molecule has 0 spiro atoms. The lowest BCUT2D eigenvalue weighted by Crippen LogP contribution is -2.45. The molecule has 1 fully saturated rings. The molecule has 1 aliphatic rings. The van der Waals surface area contributed by atoms with E-state index in [0.29, 0.717) is 37.5 Å². The number of likely N-dealkylation sites (tertiary alicyclic amines) is 1. The first-order valence-corrected chi connectivity index (χ1v) is 8.22. The van der Waals surface area contributed by atoms with Gasteiger partial charge in [0.15, 0.2) is 5.96 Å². The molecule has 1 saturated heterocycles. The number of hydrogen-bond donors (Lipinski definition) is 2. The van der Waals surface area contributed by atoms with Crippen LogP contribution in [0.3, 0.4) is 0 Å². The van der Waals surface area contributed by atoms with Gasteiger partial charge in [0.1, 0.15) is 11.6 Å². The third kappa shape index (κ3) is 6.41. The largest absolute Gasteiger partial charge is 0.356 e. The third-order valence-corrected chi connectivity index (χ3v) is 4.10. The van der Waals surface area contributed by atoms with Gasteiger partial charge < -0.3 is 15.5 Å². The molecule has 1 aromatic rings. The summed E-state index contributed by atoms with van der Waals surface area (Å²) < 4.78 is 26.7. The summed E-state index contributed by atoms with van der Waals surface area (Å²) in [6.07, 6.45) is 1.74. The van der Waals surface area contributed by atoms with Gasteiger partial charge in [0.05, 0.1) is 0 Å². The Hall–Kier alpha value is -1.45. The first-order valence-electron chi connectivity index (χ1n) is 8.22. The number of guanidine groups is 1. The van der Waals surface area contributed by atoms with E-state index in [-0.39, 0.29) is 35.9 Å². The molecule has 140 valence electrons. The van der Waals surface area contributed by atoms with Gasteiger partial charge in [0.25, 0.3) is 0 Å². The Labute approximate surface area is 164 Å². The summed E-state index contributed by atoms with van der Waals surface area (Å²) in [6.45, 7) is 3.70. The normalized spacial score (nSPS) is 17.2. The molecule has 8 heteroatoms. The number of benzene rings is 1. The van der Waals surface area contributed by atoms with E-state index < -0.39 is 11.6 Å². The van der Waals surface area contributed by atoms with E-state index in [1.54, 1.807) is 7.05 Å². The number of nitrogens with one attached hydrogen (secondary N) is 2. The van der Waals surface area contributed by atoms with E-state index in [4.69, 9.17) is 0 Å². The van der Waals surface area contributed by atoms with Crippen LogP contribution in [0, 0.1) is 11.6 Å². The molecular formula is C17H25F2IN4O. The molecular weight excluding hydrogens is 441 g/mol. The summed E-state index contributed by atoms with van der Waals surface area (Å²) in [5, 5.41) is 6.36. The van der Waals surface area contributed by atoms with E-state index in [2.05, 4.69) is 15.6 Å². The molecule has 0 bridgehead atoms. The van der Waals surface area contributed by atoms with Crippen molar-refractivity contribution in [3.8, 4) is 0 Å². The summed E-state index contributed by atoms with van der Waals surface area (Å²) in [5.74, 6) is -0.0994. The molecule has 0 aromatic heterocycles. The molecule has 1 heterocycles. The second-order valence-electron chi connectivity index (χ2n) is 5.81. The van der Waals surface area contributed by atoms with E-state index in [1.807, 2.05) is 11.8 Å². The van der Waals surface area contributed by atoms with Gasteiger partial charge in [0, 0.05) is 39.1 Å². The average molecular weight is 466 g/mol. The molecule has 1 unspecified atom stereocenters. The Balaban J connectivity index is 0.00000312. The van der Waals surface area contributed by atoms with Crippen LogP contribution in [0.5, 0.6) is 0 Å². The van der Waals surface area contributed by atoms with E-state index in [1.165, 1.54) is 6.07 Å². The van der Waals surface area contributed by atoms with Crippen molar-refractivity contribution >= 4 is 35.8 Å². The van der Waals surface area contributed by atoms with Crippen LogP contribution in [0.2, 0.25) is 0 Å². The highest BCUT2D eigenvalue weighted by Crippen LogP contribution is 2.11. The minimum atomic E-state index is -0.444. The minimum Gasteiger partial charge on any atom is -0.356 e. The summed E-state index contributed by atoms with van der Waals surface area (Å²) in [6, 6.07) is 3.60. The number of rotatable bonds is 5. The van der Waals surface area contributed by atoms with Crippen molar-refractivity contribution in [1.29, 1.82) is 0 Å². The quantitative estimate of drug-likeness (QED) is 0.398. The molecule has 1 atom stereocenters. The van der Waals surface area contributed by atoms with Crippen molar-refractivity contribution in [2.75, 3.05) is 26.7 Å². The Bertz CT molecular complexity index is 612. The van der Waals surface area contributed by atoms with Gasteiger partial charge in [0.2, 0.25) is 5.91 Å². The lowest BCUT2D eigenvalue weighted by atomic mass is 10.1. The minimum absolute atomic E-state index is 0. The highest BCUT2D eigenvalue weighted by molar-refractivity contribution is 14.0. The van der Waals surface area contributed by atoms with Crippen LogP contribution in [0.25, 0.3) is 0 Å². The van der Waals surface area contributed by atoms with Gasteiger partial charge in [-0.1, -0.05) is 6.92 Å². The molecule has 1 amide bonds. The third-order valence-electron chi connectivity index (χ3n) is 4.10. The zero-order chi connectivity index (χ0) is 17.5. The monoisotopic (exact) mass is 466 g/mol. The van der Waals surface area contributed by atoms with Gasteiger partial charge in [-0.05, 0) is 36.6 Å². The molecule has 0 saturated carbocycles. The molecule has 2 rings (SSSR count). The van der Waals surface area contributed by atoms with Gasteiger partial charge in [-0.25, -0.2) is 8.78 Å². The number of aliphatic imine (C=N–C) groups is 1. The second-order valence-corrected chi connectivity index (χ2v) is 5.81. The Morgan fingerprint density at radius 3 is 2.84 bits per heavy atom. The fourth-order valence-electron chi connectivity index (χ4n) is 2.77. The standard InChI is InChI=1S/C17H24F2N4O.HI/c1-3-16(24)23-9-7-14(11-23)22-17(20-2)21-8-6-12-10-13(18)4-5-15(12)19;/h4-5,10,14H,3,6-9,11H2,1-2H3,(H2,20,21,22);1H. The molecule has 1 aliphatic heterocycles. The topological polar surface area (TPSA) is 56.7 Å². The van der Waals surface area contributed by atoms with Crippen LogP contribution < -0.4 is 10.6 Å². The lowest BCUT2D eigenvalue weighted by Gasteiger charge is -2.18. The number of carbonyl (C=O) groups excluding carboxylic acids is 1. The number of hydrogen-bond acceptors (Lipinski definition) is 2. The maximum atomic E-state index is 13.6. The van der Waals surface area contributed by atoms with Crippen LogP contribution in [0.1, 0.15) is 25.3 Å². The van der Waals surface area contributed by atoms with E-state index in [9.17, 15) is 13.6 Å². The average Bonchev–Trinajstić information content (AvgIpc) is 3.04. The van der Waals surface area contributed by atoms with Crippen molar-refractivity contribution in [2.24, 2.45) is 4.99 Å². The maximum absolute atomic E-state index is 13.6. The Kier molecular flexibility index (Phi) is 9.09. The molecule has 0 aliphatic carbocycles. The van der Waals surface area contributed by atoms with Crippen molar-refractivity contribution in [2.45, 2.75) is 32.2 Å². The summed E-state index contributed by atoms with van der Waals surface area (Å²) in [4.78, 5) is 17.7. The first kappa shape index (κ1) is 21.6. The number of amides is 1. The van der Waals surface area contributed by atoms with E-state index >= 15 is 0 Å². The predicted octanol–water partition coefficient (Wildman–Crippen LogP) is 2.30. The zero-order valence-corrected chi connectivity index (χ0v) is 16.8. The van der Waals surface area contributed by atoms with Gasteiger partial charge in [-0.2, -0.15) is 0 Å². The van der Waals surface area contributed by atoms with Crippen LogP contribution in [-0.4, -0.2) is 49.5 Å². The SMILES string of the molecule is CCC(=O)N1CCC(NC(=NC)NCCc2cc(F)ccc2F)C1.I. The Morgan fingerprint density at radius 2 is 2.16 bits per heavy atom. The molecule has 0 radical (unpaired) electrons. The summed E-state index contributed by atoms with van der Waals surface area (Å²) in [7, 11) is 1.65. The molecule has 1 aromatic carbocycles. The van der Waals surface area contributed by atoms with Crippen LogP contribution >= 0.6 is 24.0 Å². The predicted molar refractivity (Wildman–Crippen MR) is 105 cm³/mol. The fourth-order valence-corrected chi connectivity index (χ4v) is 2.77. The van der Waals surface area contributed by atoms with E-state index in [0.717, 1.165) is 25.1 Å². The number of nitrogens with zero attached hydrogens (tertiary/aromatic N) is 2. The highest BCUT2D eigenvalue weighted by atomic mass is 127. The second kappa shape index (κ2) is 10.5. The van der Waals surface area contributed by atoms with Crippen molar-refractivity contribution < 1.29 is 13.6 Å². The molecule has 2 N–H and O–H groups in total. The van der Waals surface area contributed by atoms with Crippen LogP contribution in [0.15, 0.2) is 23.2 Å². The smallest absolute Gasteiger partial charge is 0.222 e. The van der Waals surface area contributed by atoms with Crippen molar-refractivity contribution in [1.82, 2.24) is 15.5 Å². The highest BCUT2D eigenvalue weighted by Gasteiger charge is 2.25. The maximum Gasteiger partial charge on any atom is 0.222 e. The summed E-state index contributed by atoms with van der Waals surface area (Å²) in [5.41, 5.74) is 0.332. The van der Waals surface area contributed by atoms with Crippen molar-refractivity contribution in [3.05, 3.63) is 35.4 Å². The number of halogens is 3.